The van der Waals surface area contributed by atoms with Gasteiger partial charge in [-0.15, -0.1) is 6.58 Å². The molecule has 0 bridgehead atoms. The van der Waals surface area contributed by atoms with Crippen LogP contribution in [0.25, 0.3) is 0 Å². The highest BCUT2D eigenvalue weighted by molar-refractivity contribution is 5.43. The van der Waals surface area contributed by atoms with Gasteiger partial charge in [-0.2, -0.15) is 0 Å². The normalized spacial score (nSPS) is 12.1. The van der Waals surface area contributed by atoms with Crippen LogP contribution in [-0.2, 0) is 6.42 Å². The monoisotopic (exact) mass is 218 g/mol. The summed E-state index contributed by atoms with van der Waals surface area (Å²) in [5.74, 6) is -0.0959. The van der Waals surface area contributed by atoms with Crippen LogP contribution in [0, 0.1) is 17.0 Å². The van der Waals surface area contributed by atoms with Crippen LogP contribution in [0.4, 0.5) is 5.69 Å². The minimum atomic E-state index is -0.380. The molecule has 1 rings (SSSR count). The maximum Gasteiger partial charge on any atom is 0.269 e. The maximum atomic E-state index is 10.7. The Kier molecular flexibility index (Phi) is 4.23. The zero-order valence-corrected chi connectivity index (χ0v) is 9.48. The summed E-state index contributed by atoms with van der Waals surface area (Å²) in [6.07, 6.45) is 3.63. The van der Waals surface area contributed by atoms with E-state index in [1.54, 1.807) is 18.2 Å². The predicted octanol–water partition coefficient (Wildman–Crippen LogP) is 3.65. The molecule has 1 aromatic carbocycles. The number of hydrogen-bond donors (Lipinski definition) is 0. The van der Waals surface area contributed by atoms with Crippen molar-refractivity contribution in [3.8, 4) is 0 Å². The molecule has 0 aliphatic carbocycles. The number of aryl methyl sites for hydroxylation is 1. The molecule has 0 saturated carbocycles. The van der Waals surface area contributed by atoms with Crippen molar-refractivity contribution in [2.75, 3.05) is 0 Å². The van der Waals surface area contributed by atoms with Gasteiger partial charge in [-0.05, 0) is 24.5 Å². The molecule has 0 fully saturated rings. The Morgan fingerprint density at radius 3 is 2.75 bits per heavy atom. The molecule has 1 atom stereocenters. The van der Waals surface area contributed by atoms with Crippen LogP contribution in [0.3, 0.4) is 0 Å². The third-order valence-electron chi connectivity index (χ3n) is 2.54. The summed E-state index contributed by atoms with van der Waals surface area (Å²) < 4.78 is 0. The molecule has 0 saturated heterocycles. The number of rotatable bonds is 5. The predicted molar refractivity (Wildman–Crippen MR) is 65.4 cm³/mol. The smallest absolute Gasteiger partial charge is 0.258 e. The number of nitrogens with zero attached hydrogens (tertiary/aromatic N) is 1. The SMILES string of the molecule is [CH2]C(C=C)c1cc([N+](=O)[O-])ccc1CCC. The van der Waals surface area contributed by atoms with Gasteiger partial charge in [0.15, 0.2) is 0 Å². The molecule has 1 aromatic rings. The highest BCUT2D eigenvalue weighted by atomic mass is 16.6. The Labute approximate surface area is 95.9 Å². The molecule has 1 radical (unpaired) electrons. The summed E-state index contributed by atoms with van der Waals surface area (Å²) >= 11 is 0. The van der Waals surface area contributed by atoms with Crippen molar-refractivity contribution < 1.29 is 4.92 Å². The summed E-state index contributed by atoms with van der Waals surface area (Å²) in [6.45, 7) is 9.69. The van der Waals surface area contributed by atoms with Crippen LogP contribution >= 0.6 is 0 Å². The second kappa shape index (κ2) is 5.45. The first-order valence-corrected chi connectivity index (χ1v) is 5.33. The van der Waals surface area contributed by atoms with Gasteiger partial charge in [0.2, 0.25) is 0 Å². The van der Waals surface area contributed by atoms with E-state index >= 15 is 0 Å². The number of hydrogen-bond acceptors (Lipinski definition) is 2. The van der Waals surface area contributed by atoms with Gasteiger partial charge in [0.05, 0.1) is 4.92 Å². The first kappa shape index (κ1) is 12.4. The molecule has 0 spiro atoms. The third-order valence-corrected chi connectivity index (χ3v) is 2.54. The molecule has 0 amide bonds. The first-order valence-electron chi connectivity index (χ1n) is 5.33. The Bertz CT molecular complexity index is 399. The fraction of sp³-hybridized carbons (Fsp3) is 0.308. The van der Waals surface area contributed by atoms with Crippen LogP contribution in [0.2, 0.25) is 0 Å². The highest BCUT2D eigenvalue weighted by Crippen LogP contribution is 2.26. The van der Waals surface area contributed by atoms with Gasteiger partial charge in [-0.3, -0.25) is 10.1 Å². The zero-order chi connectivity index (χ0) is 12.1. The van der Waals surface area contributed by atoms with Crippen LogP contribution in [0.15, 0.2) is 30.9 Å². The fourth-order valence-electron chi connectivity index (χ4n) is 1.67. The van der Waals surface area contributed by atoms with E-state index in [9.17, 15) is 10.1 Å². The Hall–Kier alpha value is -1.64. The molecular formula is C13H16NO2. The number of nitro groups is 1. The Balaban J connectivity index is 3.20. The third kappa shape index (κ3) is 2.69. The molecule has 0 heterocycles. The quantitative estimate of drug-likeness (QED) is 0.430. The van der Waals surface area contributed by atoms with Crippen molar-refractivity contribution in [1.82, 2.24) is 0 Å². The lowest BCUT2D eigenvalue weighted by atomic mass is 9.93. The second-order valence-corrected chi connectivity index (χ2v) is 3.73. The van der Waals surface area contributed by atoms with E-state index < -0.39 is 0 Å². The van der Waals surface area contributed by atoms with Gasteiger partial charge in [0.25, 0.3) is 5.69 Å². The molecular weight excluding hydrogens is 202 g/mol. The van der Waals surface area contributed by atoms with Gasteiger partial charge in [0, 0.05) is 18.1 Å². The summed E-state index contributed by atoms with van der Waals surface area (Å²) in [4.78, 5) is 10.3. The number of nitro benzene ring substituents is 1. The highest BCUT2D eigenvalue weighted by Gasteiger charge is 2.13. The van der Waals surface area contributed by atoms with Crippen LogP contribution in [-0.4, -0.2) is 4.92 Å². The fourth-order valence-corrected chi connectivity index (χ4v) is 1.67. The van der Waals surface area contributed by atoms with E-state index in [0.717, 1.165) is 24.0 Å². The molecule has 0 aromatic heterocycles. The lowest BCUT2D eigenvalue weighted by Crippen LogP contribution is -1.99. The maximum absolute atomic E-state index is 10.7. The van der Waals surface area contributed by atoms with Crippen LogP contribution in [0.5, 0.6) is 0 Å². The minimum absolute atomic E-state index is 0.0959. The Morgan fingerprint density at radius 2 is 2.25 bits per heavy atom. The molecule has 1 unspecified atom stereocenters. The molecule has 3 heteroatoms. The molecule has 0 aliphatic heterocycles. The molecule has 85 valence electrons. The number of benzene rings is 1. The Morgan fingerprint density at radius 1 is 1.56 bits per heavy atom. The average Bonchev–Trinajstić information content (AvgIpc) is 2.28. The van der Waals surface area contributed by atoms with Gasteiger partial charge in [-0.1, -0.05) is 25.5 Å². The molecule has 0 N–H and O–H groups in total. The molecule has 3 nitrogen and oxygen atoms in total. The van der Waals surface area contributed by atoms with Gasteiger partial charge in [-0.25, -0.2) is 0 Å². The van der Waals surface area contributed by atoms with Crippen molar-refractivity contribution in [2.24, 2.45) is 0 Å². The van der Waals surface area contributed by atoms with E-state index in [0.29, 0.717) is 0 Å². The van der Waals surface area contributed by atoms with Gasteiger partial charge < -0.3 is 0 Å². The number of allylic oxidation sites excluding steroid dienone is 1. The summed E-state index contributed by atoms with van der Waals surface area (Å²) in [5.41, 5.74) is 2.14. The molecule has 0 aliphatic rings. The van der Waals surface area contributed by atoms with Gasteiger partial charge in [0.1, 0.15) is 0 Å². The largest absolute Gasteiger partial charge is 0.269 e. The van der Waals surface area contributed by atoms with Crippen molar-refractivity contribution in [3.63, 3.8) is 0 Å². The zero-order valence-electron chi connectivity index (χ0n) is 9.48. The lowest BCUT2D eigenvalue weighted by molar-refractivity contribution is -0.384. The standard InChI is InChI=1S/C13H16NO2/c1-4-6-11-7-8-12(14(15)16)9-13(11)10(3)5-2/h5,7-10H,2-4,6H2,1H3. The van der Waals surface area contributed by atoms with Gasteiger partial charge >= 0.3 is 0 Å². The average molecular weight is 218 g/mol. The minimum Gasteiger partial charge on any atom is -0.258 e. The summed E-state index contributed by atoms with van der Waals surface area (Å²) in [5, 5.41) is 10.7. The topological polar surface area (TPSA) is 43.1 Å². The number of non-ortho nitro benzene ring substituents is 1. The van der Waals surface area contributed by atoms with Crippen molar-refractivity contribution in [3.05, 3.63) is 59.0 Å². The summed E-state index contributed by atoms with van der Waals surface area (Å²) in [6, 6.07) is 4.97. The van der Waals surface area contributed by atoms with E-state index in [2.05, 4.69) is 20.4 Å². The van der Waals surface area contributed by atoms with Crippen LogP contribution in [0.1, 0.15) is 30.4 Å². The molecule has 16 heavy (non-hydrogen) atoms. The van der Waals surface area contributed by atoms with Crippen LogP contribution < -0.4 is 0 Å². The van der Waals surface area contributed by atoms with Crippen molar-refractivity contribution in [1.29, 1.82) is 0 Å². The second-order valence-electron chi connectivity index (χ2n) is 3.73. The lowest BCUT2D eigenvalue weighted by Gasteiger charge is -2.12. The van der Waals surface area contributed by atoms with E-state index in [-0.39, 0.29) is 16.5 Å². The van der Waals surface area contributed by atoms with E-state index in [1.165, 1.54) is 0 Å². The van der Waals surface area contributed by atoms with Crippen molar-refractivity contribution >= 4 is 5.69 Å². The van der Waals surface area contributed by atoms with E-state index in [1.807, 2.05) is 6.07 Å². The summed E-state index contributed by atoms with van der Waals surface area (Å²) in [7, 11) is 0. The van der Waals surface area contributed by atoms with Crippen molar-refractivity contribution in [2.45, 2.75) is 25.7 Å². The van der Waals surface area contributed by atoms with E-state index in [4.69, 9.17) is 0 Å². The first-order chi connectivity index (χ1) is 7.60.